The molecule has 2 nitrogen and oxygen atoms in total. The maximum Gasteiger partial charge on any atom is 0.322 e. The molecular weight excluding hydrogens is 112 g/mol. The van der Waals surface area contributed by atoms with Gasteiger partial charge in [-0.15, -0.1) is 0 Å². The van der Waals surface area contributed by atoms with Crippen LogP contribution in [0.4, 0.5) is 5.82 Å². The van der Waals surface area contributed by atoms with E-state index in [2.05, 4.69) is 11.7 Å². The smallest absolute Gasteiger partial charge is 0.240 e. The molecular formula is C7H9N2+. The van der Waals surface area contributed by atoms with Crippen molar-refractivity contribution in [2.45, 2.75) is 0 Å². The first kappa shape index (κ1) is 5.95. The number of pyridine rings is 1. The summed E-state index contributed by atoms with van der Waals surface area (Å²) in [5, 5.41) is 0. The Labute approximate surface area is 54.5 Å². The van der Waals surface area contributed by atoms with E-state index in [0.29, 0.717) is 0 Å². The Balaban J connectivity index is 2.98. The first-order valence-electron chi connectivity index (χ1n) is 2.76. The number of hydrogen-bond donors (Lipinski definition) is 0. The number of nitrogens with zero attached hydrogens (tertiary/aromatic N) is 2. The van der Waals surface area contributed by atoms with Crippen molar-refractivity contribution < 1.29 is 4.58 Å². The molecule has 0 aliphatic heterocycles. The zero-order chi connectivity index (χ0) is 6.69. The van der Waals surface area contributed by atoms with E-state index in [9.17, 15) is 0 Å². The molecule has 46 valence electrons. The van der Waals surface area contributed by atoms with Gasteiger partial charge in [-0.2, -0.15) is 0 Å². The molecule has 0 radical (unpaired) electrons. The standard InChI is InChI=1S/C7H9N2/c1-9(2)7-5-3-4-6-8-7/h3-6H,1H2,2H3/q+1. The van der Waals surface area contributed by atoms with E-state index in [1.807, 2.05) is 25.2 Å². The van der Waals surface area contributed by atoms with Crippen molar-refractivity contribution in [1.29, 1.82) is 0 Å². The van der Waals surface area contributed by atoms with Crippen LogP contribution in [0.5, 0.6) is 0 Å². The summed E-state index contributed by atoms with van der Waals surface area (Å²) in [7, 11) is 1.86. The first-order valence-corrected chi connectivity index (χ1v) is 2.76. The van der Waals surface area contributed by atoms with Crippen molar-refractivity contribution >= 4 is 12.5 Å². The number of hydrogen-bond acceptors (Lipinski definition) is 1. The quantitative estimate of drug-likeness (QED) is 0.400. The van der Waals surface area contributed by atoms with Gasteiger partial charge >= 0.3 is 5.82 Å². The zero-order valence-corrected chi connectivity index (χ0v) is 5.41. The lowest BCUT2D eigenvalue weighted by Gasteiger charge is -1.87. The van der Waals surface area contributed by atoms with E-state index in [1.165, 1.54) is 0 Å². The van der Waals surface area contributed by atoms with E-state index >= 15 is 0 Å². The Bertz CT molecular complexity index is 203. The summed E-state index contributed by atoms with van der Waals surface area (Å²) >= 11 is 0. The van der Waals surface area contributed by atoms with Crippen molar-refractivity contribution in [3.63, 3.8) is 0 Å². The van der Waals surface area contributed by atoms with Gasteiger partial charge < -0.3 is 0 Å². The molecule has 0 amide bonds. The summed E-state index contributed by atoms with van der Waals surface area (Å²) in [6.45, 7) is 3.68. The highest BCUT2D eigenvalue weighted by Gasteiger charge is 1.97. The van der Waals surface area contributed by atoms with Gasteiger partial charge in [0.2, 0.25) is 0 Å². The Kier molecular flexibility index (Phi) is 1.58. The molecule has 0 fully saturated rings. The first-order chi connectivity index (χ1) is 4.30. The second-order valence-electron chi connectivity index (χ2n) is 1.89. The number of rotatable bonds is 1. The van der Waals surface area contributed by atoms with Crippen LogP contribution in [-0.2, 0) is 0 Å². The average Bonchev–Trinajstić information content (AvgIpc) is 1.90. The Morgan fingerprint density at radius 2 is 2.33 bits per heavy atom. The van der Waals surface area contributed by atoms with Gasteiger partial charge in [0.05, 0.1) is 13.8 Å². The normalized spacial score (nSPS) is 9.00. The molecule has 1 rings (SSSR count). The van der Waals surface area contributed by atoms with E-state index in [-0.39, 0.29) is 0 Å². The van der Waals surface area contributed by atoms with E-state index in [0.717, 1.165) is 5.82 Å². The fourth-order valence-electron chi connectivity index (χ4n) is 0.580. The van der Waals surface area contributed by atoms with Crippen molar-refractivity contribution in [2.24, 2.45) is 0 Å². The third-order valence-corrected chi connectivity index (χ3v) is 1.04. The van der Waals surface area contributed by atoms with Gasteiger partial charge in [-0.25, -0.2) is 4.58 Å². The summed E-state index contributed by atoms with van der Waals surface area (Å²) in [6.07, 6.45) is 1.75. The molecule has 1 aromatic rings. The van der Waals surface area contributed by atoms with E-state index in [1.54, 1.807) is 10.8 Å². The van der Waals surface area contributed by atoms with Crippen molar-refractivity contribution in [2.75, 3.05) is 7.05 Å². The van der Waals surface area contributed by atoms with Crippen LogP contribution in [0, 0.1) is 0 Å². The second kappa shape index (κ2) is 2.40. The SMILES string of the molecule is C=[N+](C)c1ccccn1. The summed E-state index contributed by atoms with van der Waals surface area (Å²) in [5.74, 6) is 0.887. The molecule has 1 heterocycles. The molecule has 0 saturated heterocycles. The van der Waals surface area contributed by atoms with Gasteiger partial charge in [-0.05, 0) is 11.1 Å². The summed E-state index contributed by atoms with van der Waals surface area (Å²) in [4.78, 5) is 4.04. The maximum atomic E-state index is 4.04. The molecule has 1 aromatic heterocycles. The lowest BCUT2D eigenvalue weighted by molar-refractivity contribution is -0.399. The minimum absolute atomic E-state index is 0.887. The molecule has 2 heteroatoms. The minimum Gasteiger partial charge on any atom is -0.240 e. The minimum atomic E-state index is 0.887. The molecule has 9 heavy (non-hydrogen) atoms. The Morgan fingerprint density at radius 3 is 2.67 bits per heavy atom. The van der Waals surface area contributed by atoms with Crippen LogP contribution < -0.4 is 0 Å². The average molecular weight is 121 g/mol. The third kappa shape index (κ3) is 1.35. The molecule has 0 aliphatic rings. The lowest BCUT2D eigenvalue weighted by atomic mass is 10.5. The molecule has 0 aliphatic carbocycles. The van der Waals surface area contributed by atoms with Gasteiger partial charge in [-0.1, -0.05) is 6.07 Å². The fraction of sp³-hybridized carbons (Fsp3) is 0.143. The van der Waals surface area contributed by atoms with E-state index in [4.69, 9.17) is 0 Å². The van der Waals surface area contributed by atoms with Gasteiger partial charge in [0, 0.05) is 6.07 Å². The van der Waals surface area contributed by atoms with Crippen LogP contribution in [0.15, 0.2) is 24.4 Å². The van der Waals surface area contributed by atoms with E-state index < -0.39 is 0 Å². The van der Waals surface area contributed by atoms with Gasteiger partial charge in [-0.3, -0.25) is 0 Å². The monoisotopic (exact) mass is 121 g/mol. The Morgan fingerprint density at radius 1 is 1.56 bits per heavy atom. The van der Waals surface area contributed by atoms with Crippen LogP contribution in [0.2, 0.25) is 0 Å². The molecule has 0 aromatic carbocycles. The van der Waals surface area contributed by atoms with Gasteiger partial charge in [0.15, 0.2) is 0 Å². The van der Waals surface area contributed by atoms with Gasteiger partial charge in [0.25, 0.3) is 0 Å². The van der Waals surface area contributed by atoms with Gasteiger partial charge in [0.1, 0.15) is 6.20 Å². The highest BCUT2D eigenvalue weighted by atomic mass is 15.0. The van der Waals surface area contributed by atoms with Crippen LogP contribution in [0.25, 0.3) is 0 Å². The van der Waals surface area contributed by atoms with Crippen molar-refractivity contribution in [3.8, 4) is 0 Å². The predicted molar refractivity (Wildman–Crippen MR) is 37.2 cm³/mol. The molecule has 0 spiro atoms. The van der Waals surface area contributed by atoms with Crippen molar-refractivity contribution in [3.05, 3.63) is 24.4 Å². The highest BCUT2D eigenvalue weighted by molar-refractivity contribution is 5.24. The van der Waals surface area contributed by atoms with Crippen LogP contribution >= 0.6 is 0 Å². The largest absolute Gasteiger partial charge is 0.322 e. The summed E-state index contributed by atoms with van der Waals surface area (Å²) < 4.78 is 1.72. The number of aromatic nitrogens is 1. The molecule has 0 unspecified atom stereocenters. The molecule has 0 atom stereocenters. The zero-order valence-electron chi connectivity index (χ0n) is 5.41. The highest BCUT2D eigenvalue weighted by Crippen LogP contribution is 2.00. The topological polar surface area (TPSA) is 15.9 Å². The predicted octanol–water partition coefficient (Wildman–Crippen LogP) is 1.06. The lowest BCUT2D eigenvalue weighted by Crippen LogP contribution is -1.93. The fourth-order valence-corrected chi connectivity index (χ4v) is 0.580. The maximum absolute atomic E-state index is 4.04. The molecule has 0 N–H and O–H groups in total. The Hall–Kier alpha value is -1.18. The van der Waals surface area contributed by atoms with Crippen LogP contribution in [0.1, 0.15) is 0 Å². The summed E-state index contributed by atoms with van der Waals surface area (Å²) in [5.41, 5.74) is 0. The molecule has 0 bridgehead atoms. The third-order valence-electron chi connectivity index (χ3n) is 1.04. The van der Waals surface area contributed by atoms with Crippen LogP contribution in [0.3, 0.4) is 0 Å². The second-order valence-corrected chi connectivity index (χ2v) is 1.89. The van der Waals surface area contributed by atoms with Crippen molar-refractivity contribution in [1.82, 2.24) is 4.98 Å². The summed E-state index contributed by atoms with van der Waals surface area (Å²) in [6, 6.07) is 5.73. The van der Waals surface area contributed by atoms with Crippen LogP contribution in [-0.4, -0.2) is 23.3 Å². The molecule has 0 saturated carbocycles.